The highest BCUT2D eigenvalue weighted by atomic mass is 35.5. The Balaban J connectivity index is 1.61. The van der Waals surface area contributed by atoms with Gasteiger partial charge in [0.1, 0.15) is 0 Å². The fourth-order valence-electron chi connectivity index (χ4n) is 2.31. The lowest BCUT2D eigenvalue weighted by Crippen LogP contribution is -2.16. The molecule has 0 saturated carbocycles. The zero-order valence-corrected chi connectivity index (χ0v) is 17.1. The monoisotopic (exact) mass is 450 g/mol. The van der Waals surface area contributed by atoms with Crippen molar-refractivity contribution in [3.8, 4) is 0 Å². The molecule has 0 atom stereocenters. The van der Waals surface area contributed by atoms with E-state index in [1.165, 1.54) is 36.4 Å². The van der Waals surface area contributed by atoms with Crippen LogP contribution in [-0.2, 0) is 21.2 Å². The van der Waals surface area contributed by atoms with Crippen molar-refractivity contribution in [3.63, 3.8) is 0 Å². The number of aromatic nitrogens is 1. The molecule has 0 spiro atoms. The van der Waals surface area contributed by atoms with Crippen molar-refractivity contribution in [2.75, 3.05) is 10.0 Å². The Morgan fingerprint density at radius 1 is 1.07 bits per heavy atom. The molecular weight excluding hydrogens is 436 g/mol. The van der Waals surface area contributed by atoms with Crippen LogP contribution >= 0.6 is 22.9 Å². The standard InChI is InChI=1S/C18H15ClN4O4S2/c19-12-3-7-15(8-4-12)29(26,27)23-18-22-14(10-28-18)9-16(24)21-13-5-1-11(2-6-13)17(20)25/h1-8,10H,9H2,(H2,20,25)(H,21,24)(H,22,23). The molecule has 0 fully saturated rings. The van der Waals surface area contributed by atoms with E-state index in [2.05, 4.69) is 15.0 Å². The van der Waals surface area contributed by atoms with Gasteiger partial charge in [-0.15, -0.1) is 11.3 Å². The lowest BCUT2D eigenvalue weighted by Gasteiger charge is -2.05. The number of nitrogens with two attached hydrogens (primary N) is 1. The molecule has 3 aromatic rings. The van der Waals surface area contributed by atoms with Crippen molar-refractivity contribution < 1.29 is 18.0 Å². The number of amides is 2. The number of nitrogens with one attached hydrogen (secondary N) is 2. The normalized spacial score (nSPS) is 11.1. The minimum Gasteiger partial charge on any atom is -0.366 e. The third-order valence-electron chi connectivity index (χ3n) is 3.69. The van der Waals surface area contributed by atoms with E-state index in [4.69, 9.17) is 17.3 Å². The molecule has 2 amide bonds. The highest BCUT2D eigenvalue weighted by Crippen LogP contribution is 2.22. The highest BCUT2D eigenvalue weighted by molar-refractivity contribution is 7.93. The number of rotatable bonds is 7. The van der Waals surface area contributed by atoms with Crippen molar-refractivity contribution in [1.82, 2.24) is 4.98 Å². The molecule has 1 aromatic heterocycles. The Morgan fingerprint density at radius 2 is 1.72 bits per heavy atom. The zero-order chi connectivity index (χ0) is 21.0. The summed E-state index contributed by atoms with van der Waals surface area (Å²) in [6.45, 7) is 0. The van der Waals surface area contributed by atoms with Gasteiger partial charge in [0, 0.05) is 21.7 Å². The molecule has 0 unspecified atom stereocenters. The second-order valence-corrected chi connectivity index (χ2v) is 8.85. The van der Waals surface area contributed by atoms with Gasteiger partial charge in [0.15, 0.2) is 5.13 Å². The van der Waals surface area contributed by atoms with E-state index in [9.17, 15) is 18.0 Å². The van der Waals surface area contributed by atoms with E-state index in [0.29, 0.717) is 22.0 Å². The molecule has 0 aliphatic rings. The van der Waals surface area contributed by atoms with Crippen LogP contribution in [0.5, 0.6) is 0 Å². The molecule has 2 aromatic carbocycles. The van der Waals surface area contributed by atoms with Crippen LogP contribution in [0.1, 0.15) is 16.1 Å². The van der Waals surface area contributed by atoms with Gasteiger partial charge in [-0.25, -0.2) is 13.4 Å². The molecule has 0 radical (unpaired) electrons. The van der Waals surface area contributed by atoms with Crippen molar-refractivity contribution in [3.05, 3.63) is 70.2 Å². The van der Waals surface area contributed by atoms with Crippen LogP contribution in [0.25, 0.3) is 0 Å². The Morgan fingerprint density at radius 3 is 2.34 bits per heavy atom. The first-order valence-corrected chi connectivity index (χ1v) is 10.9. The van der Waals surface area contributed by atoms with Crippen molar-refractivity contribution in [1.29, 1.82) is 0 Å². The minimum absolute atomic E-state index is 0.0449. The molecular formula is C18H15ClN4O4S2. The van der Waals surface area contributed by atoms with E-state index in [1.54, 1.807) is 17.5 Å². The molecule has 1 heterocycles. The Kier molecular flexibility index (Phi) is 6.16. The lowest BCUT2D eigenvalue weighted by atomic mass is 10.2. The number of carbonyl (C=O) groups is 2. The van der Waals surface area contributed by atoms with Crippen molar-refractivity contribution >= 4 is 55.6 Å². The number of nitrogens with zero attached hydrogens (tertiary/aromatic N) is 1. The number of hydrogen-bond donors (Lipinski definition) is 3. The number of benzene rings is 2. The lowest BCUT2D eigenvalue weighted by molar-refractivity contribution is -0.115. The first kappa shape index (κ1) is 20.8. The van der Waals surface area contributed by atoms with E-state index >= 15 is 0 Å². The average Bonchev–Trinajstić information content (AvgIpc) is 3.08. The molecule has 3 rings (SSSR count). The fraction of sp³-hybridized carbons (Fsp3) is 0.0556. The summed E-state index contributed by atoms with van der Waals surface area (Å²) in [5.41, 5.74) is 6.41. The van der Waals surface area contributed by atoms with E-state index in [-0.39, 0.29) is 22.4 Å². The van der Waals surface area contributed by atoms with Crippen LogP contribution in [0.2, 0.25) is 5.02 Å². The number of sulfonamides is 1. The van der Waals surface area contributed by atoms with Gasteiger partial charge in [-0.1, -0.05) is 11.6 Å². The van der Waals surface area contributed by atoms with Crippen LogP contribution in [0.4, 0.5) is 10.8 Å². The Bertz CT molecular complexity index is 1140. The number of thiazole rings is 1. The van der Waals surface area contributed by atoms with Crippen LogP contribution in [0.3, 0.4) is 0 Å². The van der Waals surface area contributed by atoms with Crippen molar-refractivity contribution in [2.24, 2.45) is 5.73 Å². The van der Waals surface area contributed by atoms with Gasteiger partial charge in [-0.2, -0.15) is 0 Å². The van der Waals surface area contributed by atoms with Gasteiger partial charge >= 0.3 is 0 Å². The molecule has 29 heavy (non-hydrogen) atoms. The third kappa shape index (κ3) is 5.53. The number of primary amides is 1. The minimum atomic E-state index is -3.80. The molecule has 4 N–H and O–H groups in total. The summed E-state index contributed by atoms with van der Waals surface area (Å²) >= 11 is 6.84. The summed E-state index contributed by atoms with van der Waals surface area (Å²) < 4.78 is 27.1. The predicted octanol–water partition coefficient (Wildman–Crippen LogP) is 2.88. The Labute approximate surface area is 175 Å². The van der Waals surface area contributed by atoms with Gasteiger partial charge in [0.05, 0.1) is 17.0 Å². The molecule has 0 aliphatic heterocycles. The predicted molar refractivity (Wildman–Crippen MR) is 112 cm³/mol. The molecule has 150 valence electrons. The highest BCUT2D eigenvalue weighted by Gasteiger charge is 2.17. The maximum absolute atomic E-state index is 12.4. The van der Waals surface area contributed by atoms with Crippen LogP contribution in [-0.4, -0.2) is 25.2 Å². The van der Waals surface area contributed by atoms with Gasteiger partial charge in [0.2, 0.25) is 11.8 Å². The molecule has 0 bridgehead atoms. The molecule has 0 aliphatic carbocycles. The molecule has 0 saturated heterocycles. The quantitative estimate of drug-likeness (QED) is 0.509. The summed E-state index contributed by atoms with van der Waals surface area (Å²) in [6, 6.07) is 11.9. The van der Waals surface area contributed by atoms with Crippen LogP contribution < -0.4 is 15.8 Å². The van der Waals surface area contributed by atoms with E-state index in [0.717, 1.165) is 11.3 Å². The first-order chi connectivity index (χ1) is 13.7. The number of anilines is 2. The summed E-state index contributed by atoms with van der Waals surface area (Å²) in [6.07, 6.45) is -0.0449. The second-order valence-electron chi connectivity index (χ2n) is 5.87. The van der Waals surface area contributed by atoms with Crippen LogP contribution in [0, 0.1) is 0 Å². The number of halogens is 1. The summed E-state index contributed by atoms with van der Waals surface area (Å²) in [5.74, 6) is -0.895. The third-order valence-corrected chi connectivity index (χ3v) is 6.23. The smallest absolute Gasteiger partial charge is 0.263 e. The molecule has 11 heteroatoms. The maximum Gasteiger partial charge on any atom is 0.263 e. The topological polar surface area (TPSA) is 131 Å². The number of carbonyl (C=O) groups excluding carboxylic acids is 2. The Hall–Kier alpha value is -2.95. The summed E-state index contributed by atoms with van der Waals surface area (Å²) in [4.78, 5) is 27.4. The van der Waals surface area contributed by atoms with Gasteiger partial charge in [0.25, 0.3) is 10.0 Å². The second kappa shape index (κ2) is 8.60. The largest absolute Gasteiger partial charge is 0.366 e. The van der Waals surface area contributed by atoms with Gasteiger partial charge in [-0.3, -0.25) is 14.3 Å². The van der Waals surface area contributed by atoms with Gasteiger partial charge in [-0.05, 0) is 48.5 Å². The van der Waals surface area contributed by atoms with E-state index < -0.39 is 15.9 Å². The zero-order valence-electron chi connectivity index (χ0n) is 14.8. The fourth-order valence-corrected chi connectivity index (χ4v) is 4.40. The first-order valence-electron chi connectivity index (χ1n) is 8.15. The summed E-state index contributed by atoms with van der Waals surface area (Å²) in [5, 5.41) is 4.83. The average molecular weight is 451 g/mol. The maximum atomic E-state index is 12.4. The van der Waals surface area contributed by atoms with Gasteiger partial charge < -0.3 is 11.1 Å². The SMILES string of the molecule is NC(=O)c1ccc(NC(=O)Cc2csc(NS(=O)(=O)c3ccc(Cl)cc3)n2)cc1. The molecule has 8 nitrogen and oxygen atoms in total. The van der Waals surface area contributed by atoms with Crippen LogP contribution in [0.15, 0.2) is 58.8 Å². The van der Waals surface area contributed by atoms with Crippen molar-refractivity contribution in [2.45, 2.75) is 11.3 Å². The summed E-state index contributed by atoms with van der Waals surface area (Å²) in [7, 11) is -3.80. The number of hydrogen-bond acceptors (Lipinski definition) is 6. The van der Waals surface area contributed by atoms with E-state index in [1.807, 2.05) is 0 Å².